The molecule has 5 aromatic carbocycles. The van der Waals surface area contributed by atoms with Crippen LogP contribution in [0.5, 0.6) is 0 Å². The molecule has 0 aliphatic heterocycles. The first-order valence-corrected chi connectivity index (χ1v) is 13.4. The summed E-state index contributed by atoms with van der Waals surface area (Å²) in [5.41, 5.74) is 8.11. The summed E-state index contributed by atoms with van der Waals surface area (Å²) in [7, 11) is 0. The highest BCUT2D eigenvalue weighted by Crippen LogP contribution is 2.33. The average molecular weight is 520 g/mol. The van der Waals surface area contributed by atoms with Crippen molar-refractivity contribution >= 4 is 26.7 Å². The molecule has 1 atom stereocenters. The molecule has 35 heavy (non-hydrogen) atoms. The van der Waals surface area contributed by atoms with E-state index in [-0.39, 0.29) is 0 Å². The van der Waals surface area contributed by atoms with Gasteiger partial charge in [-0.1, -0.05) is 132 Å². The molecule has 1 unspecified atom stereocenters. The van der Waals surface area contributed by atoms with E-state index in [4.69, 9.17) is 0 Å². The van der Waals surface area contributed by atoms with Crippen LogP contribution in [0.1, 0.15) is 47.9 Å². The van der Waals surface area contributed by atoms with Gasteiger partial charge in [0.15, 0.2) is 0 Å². The topological polar surface area (TPSA) is 0 Å². The van der Waals surface area contributed by atoms with Gasteiger partial charge in [0.05, 0.1) is 0 Å². The van der Waals surface area contributed by atoms with Gasteiger partial charge < -0.3 is 0 Å². The third-order valence-corrected chi connectivity index (χ3v) is 7.45. The monoisotopic (exact) mass is 518 g/mol. The predicted octanol–water partition coefficient (Wildman–Crippen LogP) is 9.99. The van der Waals surface area contributed by atoms with Gasteiger partial charge in [0.25, 0.3) is 0 Å². The molecule has 0 amide bonds. The standard InChI is InChI=1S/C34H31Br/c1-2-6-26-9-13-31-24-32(19-18-30(31)23-26)34(22-12-25-10-20-33(35)21-11-25)29-16-14-28(15-17-29)27-7-4-3-5-8-27/h3-5,7-11,13-21,23-24,34H,2,6,12,22H2,1H3. The molecule has 0 saturated heterocycles. The van der Waals surface area contributed by atoms with E-state index in [0.29, 0.717) is 5.92 Å². The predicted molar refractivity (Wildman–Crippen MR) is 154 cm³/mol. The zero-order valence-corrected chi connectivity index (χ0v) is 21.8. The number of benzene rings is 5. The Labute approximate surface area is 217 Å². The van der Waals surface area contributed by atoms with Crippen LogP contribution in [0.15, 0.2) is 120 Å². The van der Waals surface area contributed by atoms with E-state index >= 15 is 0 Å². The molecule has 0 aliphatic rings. The van der Waals surface area contributed by atoms with Crippen LogP contribution >= 0.6 is 15.9 Å². The van der Waals surface area contributed by atoms with Gasteiger partial charge in [0.2, 0.25) is 0 Å². The van der Waals surface area contributed by atoms with E-state index in [2.05, 4.69) is 138 Å². The second kappa shape index (κ2) is 11.1. The first kappa shape index (κ1) is 23.6. The highest BCUT2D eigenvalue weighted by atomic mass is 79.9. The number of halogens is 1. The highest BCUT2D eigenvalue weighted by Gasteiger charge is 2.16. The maximum absolute atomic E-state index is 3.56. The molecule has 0 spiro atoms. The zero-order valence-electron chi connectivity index (χ0n) is 20.3. The van der Waals surface area contributed by atoms with Gasteiger partial charge in [0, 0.05) is 10.4 Å². The molecule has 0 radical (unpaired) electrons. The summed E-state index contributed by atoms with van der Waals surface area (Å²) in [4.78, 5) is 0. The van der Waals surface area contributed by atoms with Gasteiger partial charge >= 0.3 is 0 Å². The van der Waals surface area contributed by atoms with Crippen LogP contribution < -0.4 is 0 Å². The van der Waals surface area contributed by atoms with Crippen molar-refractivity contribution in [1.82, 2.24) is 0 Å². The molecule has 5 aromatic rings. The molecule has 0 saturated carbocycles. The Morgan fingerprint density at radius 2 is 1.20 bits per heavy atom. The normalized spacial score (nSPS) is 12.1. The van der Waals surface area contributed by atoms with Gasteiger partial charge in [-0.05, 0) is 75.5 Å². The van der Waals surface area contributed by atoms with Gasteiger partial charge in [-0.15, -0.1) is 0 Å². The maximum atomic E-state index is 3.56. The molecule has 0 N–H and O–H groups in total. The van der Waals surface area contributed by atoms with Gasteiger partial charge in [-0.3, -0.25) is 0 Å². The fraction of sp³-hybridized carbons (Fsp3) is 0.176. The number of hydrogen-bond donors (Lipinski definition) is 0. The molecule has 1 heteroatoms. The van der Waals surface area contributed by atoms with Crippen molar-refractivity contribution in [2.45, 2.75) is 38.5 Å². The fourth-order valence-corrected chi connectivity index (χ4v) is 5.27. The summed E-state index contributed by atoms with van der Waals surface area (Å²) in [6.07, 6.45) is 4.44. The molecule has 0 nitrogen and oxygen atoms in total. The van der Waals surface area contributed by atoms with Crippen molar-refractivity contribution < 1.29 is 0 Å². The van der Waals surface area contributed by atoms with E-state index in [9.17, 15) is 0 Å². The molecule has 0 fully saturated rings. The fourth-order valence-electron chi connectivity index (χ4n) is 5.00. The number of aryl methyl sites for hydroxylation is 2. The molecule has 0 aromatic heterocycles. The van der Waals surface area contributed by atoms with E-state index in [0.717, 1.165) is 23.7 Å². The van der Waals surface area contributed by atoms with Crippen LogP contribution in [0.25, 0.3) is 21.9 Å². The van der Waals surface area contributed by atoms with Crippen molar-refractivity contribution in [1.29, 1.82) is 0 Å². The quantitative estimate of drug-likeness (QED) is 0.191. The highest BCUT2D eigenvalue weighted by molar-refractivity contribution is 9.10. The first-order chi connectivity index (χ1) is 17.2. The SMILES string of the molecule is CCCc1ccc2cc(C(CCc3ccc(Br)cc3)c3ccc(-c4ccccc4)cc3)ccc2c1. The van der Waals surface area contributed by atoms with Crippen LogP contribution in [0, 0.1) is 0 Å². The minimum Gasteiger partial charge on any atom is -0.0651 e. The second-order valence-corrected chi connectivity index (χ2v) is 10.3. The van der Waals surface area contributed by atoms with Gasteiger partial charge in [0.1, 0.15) is 0 Å². The third-order valence-electron chi connectivity index (χ3n) is 6.92. The Morgan fingerprint density at radius 3 is 1.94 bits per heavy atom. The zero-order chi connectivity index (χ0) is 24.0. The van der Waals surface area contributed by atoms with Crippen LogP contribution in [0.4, 0.5) is 0 Å². The van der Waals surface area contributed by atoms with E-state index in [1.165, 1.54) is 50.6 Å². The van der Waals surface area contributed by atoms with Gasteiger partial charge in [-0.2, -0.15) is 0 Å². The molecular weight excluding hydrogens is 488 g/mol. The summed E-state index contributed by atoms with van der Waals surface area (Å²) < 4.78 is 1.13. The lowest BCUT2D eigenvalue weighted by Crippen LogP contribution is -2.03. The summed E-state index contributed by atoms with van der Waals surface area (Å²) >= 11 is 3.56. The van der Waals surface area contributed by atoms with Crippen molar-refractivity contribution in [2.24, 2.45) is 0 Å². The van der Waals surface area contributed by atoms with Crippen molar-refractivity contribution in [2.75, 3.05) is 0 Å². The minimum atomic E-state index is 0.350. The van der Waals surface area contributed by atoms with Gasteiger partial charge in [-0.25, -0.2) is 0 Å². The lowest BCUT2D eigenvalue weighted by molar-refractivity contribution is 0.716. The molecule has 0 aliphatic carbocycles. The summed E-state index contributed by atoms with van der Waals surface area (Å²) in [6, 6.07) is 42.6. The Morgan fingerprint density at radius 1 is 0.571 bits per heavy atom. The Kier molecular flexibility index (Phi) is 7.45. The van der Waals surface area contributed by atoms with Crippen LogP contribution in [0.3, 0.4) is 0 Å². The maximum Gasteiger partial charge on any atom is 0.0175 e. The minimum absolute atomic E-state index is 0.350. The molecule has 5 rings (SSSR count). The third kappa shape index (κ3) is 5.74. The number of rotatable bonds is 8. The summed E-state index contributed by atoms with van der Waals surface area (Å²) in [5, 5.41) is 2.67. The lowest BCUT2D eigenvalue weighted by atomic mass is 9.84. The second-order valence-electron chi connectivity index (χ2n) is 9.40. The summed E-state index contributed by atoms with van der Waals surface area (Å²) in [6.45, 7) is 2.24. The lowest BCUT2D eigenvalue weighted by Gasteiger charge is -2.20. The Balaban J connectivity index is 1.47. The van der Waals surface area contributed by atoms with E-state index in [1.807, 2.05) is 0 Å². The molecule has 0 heterocycles. The Bertz CT molecular complexity index is 1380. The Hall–Kier alpha value is -3.16. The van der Waals surface area contributed by atoms with Crippen molar-refractivity contribution in [3.8, 4) is 11.1 Å². The average Bonchev–Trinajstić information content (AvgIpc) is 2.91. The number of fused-ring (bicyclic) bond motifs is 1. The van der Waals surface area contributed by atoms with Crippen molar-refractivity contribution in [3.63, 3.8) is 0 Å². The smallest absolute Gasteiger partial charge is 0.0175 e. The van der Waals surface area contributed by atoms with E-state index in [1.54, 1.807) is 0 Å². The largest absolute Gasteiger partial charge is 0.0651 e. The van der Waals surface area contributed by atoms with E-state index < -0.39 is 0 Å². The van der Waals surface area contributed by atoms with Crippen LogP contribution in [0.2, 0.25) is 0 Å². The molecule has 174 valence electrons. The van der Waals surface area contributed by atoms with Crippen LogP contribution in [-0.2, 0) is 12.8 Å². The van der Waals surface area contributed by atoms with Crippen LogP contribution in [-0.4, -0.2) is 0 Å². The molecular formula is C34H31Br. The van der Waals surface area contributed by atoms with Crippen molar-refractivity contribution in [3.05, 3.63) is 142 Å². The number of hydrogen-bond acceptors (Lipinski definition) is 0. The first-order valence-electron chi connectivity index (χ1n) is 12.6. The summed E-state index contributed by atoms with van der Waals surface area (Å²) in [5.74, 6) is 0.350. The molecule has 0 bridgehead atoms.